The lowest BCUT2D eigenvalue weighted by molar-refractivity contribution is 0.102. The zero-order chi connectivity index (χ0) is 24.6. The summed E-state index contributed by atoms with van der Waals surface area (Å²) in [4.78, 5) is 19.9. The molecule has 2 heterocycles. The topological polar surface area (TPSA) is 104 Å². The smallest absolute Gasteiger partial charge is 0.273 e. The van der Waals surface area contributed by atoms with Crippen LogP contribution in [0.25, 0.3) is 11.4 Å². The zero-order valence-electron chi connectivity index (χ0n) is 18.7. The quantitative estimate of drug-likeness (QED) is 0.420. The lowest BCUT2D eigenvalue weighted by Gasteiger charge is -2.18. The number of hydrogen-bond acceptors (Lipinski definition) is 5. The number of rotatable bonds is 6. The largest absolute Gasteiger partial charge is 0.495 e. The van der Waals surface area contributed by atoms with Crippen LogP contribution in [0.3, 0.4) is 0 Å². The van der Waals surface area contributed by atoms with Crippen LogP contribution in [0.5, 0.6) is 5.75 Å². The fourth-order valence-electron chi connectivity index (χ4n) is 3.97. The van der Waals surface area contributed by atoms with Gasteiger partial charge in [-0.05, 0) is 41.5 Å². The van der Waals surface area contributed by atoms with E-state index in [1.165, 1.54) is 41.9 Å². The van der Waals surface area contributed by atoms with E-state index in [0.29, 0.717) is 11.4 Å². The highest BCUT2D eigenvalue weighted by Crippen LogP contribution is 2.34. The number of ether oxygens (including phenoxy) is 1. The summed E-state index contributed by atoms with van der Waals surface area (Å²) in [6.45, 7) is 0.166. The van der Waals surface area contributed by atoms with Gasteiger partial charge in [0.05, 0.1) is 13.3 Å². The van der Waals surface area contributed by atoms with Crippen molar-refractivity contribution in [3.8, 4) is 17.1 Å². The maximum absolute atomic E-state index is 13.6. The third-order valence-corrected chi connectivity index (χ3v) is 7.58. The summed E-state index contributed by atoms with van der Waals surface area (Å²) in [5.74, 6) is -0.214. The summed E-state index contributed by atoms with van der Waals surface area (Å²) in [5, 5.41) is 2.70. The van der Waals surface area contributed by atoms with Crippen molar-refractivity contribution < 1.29 is 22.3 Å². The van der Waals surface area contributed by atoms with Gasteiger partial charge in [-0.15, -0.1) is 0 Å². The average Bonchev–Trinajstić information content (AvgIpc) is 3.52. The van der Waals surface area contributed by atoms with Gasteiger partial charge >= 0.3 is 0 Å². The van der Waals surface area contributed by atoms with Crippen LogP contribution in [0.2, 0.25) is 0 Å². The number of fused-ring (bicyclic) bond motifs is 1. The zero-order valence-corrected chi connectivity index (χ0v) is 19.5. The molecule has 0 atom stereocenters. The Hall–Kier alpha value is -4.02. The fraction of sp³-hybridized carbons (Fsp3) is 0.120. The monoisotopic (exact) mass is 492 g/mol. The molecule has 1 aliphatic rings. The number of nitrogens with zero attached hydrogens (tertiary/aromatic N) is 2. The van der Waals surface area contributed by atoms with Gasteiger partial charge in [0.1, 0.15) is 28.0 Å². The highest BCUT2D eigenvalue weighted by Gasteiger charge is 2.33. The minimum atomic E-state index is -4.00. The van der Waals surface area contributed by atoms with Crippen molar-refractivity contribution in [3.63, 3.8) is 0 Å². The third kappa shape index (κ3) is 4.41. The highest BCUT2D eigenvalue weighted by atomic mass is 32.2. The van der Waals surface area contributed by atoms with E-state index < -0.39 is 21.7 Å². The van der Waals surface area contributed by atoms with E-state index in [1.54, 1.807) is 12.1 Å². The lowest BCUT2D eigenvalue weighted by atomic mass is 10.1. The number of aromatic nitrogens is 2. The first kappa shape index (κ1) is 22.8. The molecule has 0 unspecified atom stereocenters. The van der Waals surface area contributed by atoms with E-state index in [9.17, 15) is 17.6 Å². The number of benzene rings is 3. The second-order valence-electron chi connectivity index (χ2n) is 8.02. The maximum Gasteiger partial charge on any atom is 0.273 e. The van der Waals surface area contributed by atoms with Gasteiger partial charge in [0.2, 0.25) is 10.0 Å². The number of sulfonamides is 1. The van der Waals surface area contributed by atoms with Crippen LogP contribution >= 0.6 is 0 Å². The van der Waals surface area contributed by atoms with Crippen molar-refractivity contribution in [2.45, 2.75) is 18.0 Å². The molecule has 0 saturated carbocycles. The van der Waals surface area contributed by atoms with Crippen molar-refractivity contribution in [2.24, 2.45) is 0 Å². The summed E-state index contributed by atoms with van der Waals surface area (Å²) >= 11 is 0. The number of amides is 1. The number of anilines is 1. The van der Waals surface area contributed by atoms with E-state index in [2.05, 4.69) is 15.3 Å². The first-order valence-corrected chi connectivity index (χ1v) is 12.2. The van der Waals surface area contributed by atoms with Crippen molar-refractivity contribution in [1.29, 1.82) is 0 Å². The summed E-state index contributed by atoms with van der Waals surface area (Å²) in [7, 11) is -2.63. The number of hydrogen-bond donors (Lipinski definition) is 2. The van der Waals surface area contributed by atoms with Gasteiger partial charge in [-0.2, -0.15) is 4.31 Å². The summed E-state index contributed by atoms with van der Waals surface area (Å²) in [6.07, 6.45) is 1.42. The fourth-order valence-corrected chi connectivity index (χ4v) is 5.55. The van der Waals surface area contributed by atoms with Crippen LogP contribution in [-0.4, -0.2) is 35.7 Å². The van der Waals surface area contributed by atoms with Crippen LogP contribution in [0, 0.1) is 5.82 Å². The molecule has 2 N–H and O–H groups in total. The van der Waals surface area contributed by atoms with E-state index in [-0.39, 0.29) is 35.1 Å². The van der Waals surface area contributed by atoms with Gasteiger partial charge in [-0.1, -0.05) is 36.4 Å². The Bertz CT molecular complexity index is 1520. The molecule has 0 bridgehead atoms. The minimum Gasteiger partial charge on any atom is -0.495 e. The van der Waals surface area contributed by atoms with Crippen LogP contribution in [0.15, 0.2) is 77.8 Å². The van der Waals surface area contributed by atoms with E-state index in [4.69, 9.17) is 4.74 Å². The van der Waals surface area contributed by atoms with Gasteiger partial charge < -0.3 is 15.0 Å². The van der Waals surface area contributed by atoms with Gasteiger partial charge in [-0.25, -0.2) is 17.8 Å². The van der Waals surface area contributed by atoms with E-state index in [0.717, 1.165) is 11.1 Å². The number of carbonyl (C=O) groups is 1. The minimum absolute atomic E-state index is 0.0472. The van der Waals surface area contributed by atoms with Crippen molar-refractivity contribution in [2.75, 3.05) is 12.4 Å². The summed E-state index contributed by atoms with van der Waals surface area (Å²) in [5.41, 5.74) is 2.68. The van der Waals surface area contributed by atoms with Crippen molar-refractivity contribution in [1.82, 2.24) is 14.3 Å². The molecule has 35 heavy (non-hydrogen) atoms. The number of imidazole rings is 1. The molecule has 8 nitrogen and oxygen atoms in total. The van der Waals surface area contributed by atoms with Gasteiger partial charge in [-0.3, -0.25) is 4.79 Å². The predicted molar refractivity (Wildman–Crippen MR) is 128 cm³/mol. The van der Waals surface area contributed by atoms with Crippen LogP contribution in [0.1, 0.15) is 21.6 Å². The molecule has 5 rings (SSSR count). The van der Waals surface area contributed by atoms with Crippen molar-refractivity contribution >= 4 is 21.6 Å². The Morgan fingerprint density at radius 1 is 1.06 bits per heavy atom. The second-order valence-corrected chi connectivity index (χ2v) is 9.92. The lowest BCUT2D eigenvalue weighted by Crippen LogP contribution is -2.26. The Labute approximate surface area is 201 Å². The Kier molecular flexibility index (Phi) is 5.83. The molecule has 1 aliphatic heterocycles. The molecule has 0 spiro atoms. The van der Waals surface area contributed by atoms with Gasteiger partial charge in [0.15, 0.2) is 0 Å². The van der Waals surface area contributed by atoms with Gasteiger partial charge in [0.25, 0.3) is 5.91 Å². The second kappa shape index (κ2) is 8.97. The molecular weight excluding hydrogens is 471 g/mol. The molecule has 10 heteroatoms. The Morgan fingerprint density at radius 3 is 2.60 bits per heavy atom. The SMILES string of the molecule is COc1ccc(NC(=O)c2cnc(-c3ccccc3)[nH]2)cc1S(=O)(=O)N1Cc2ccc(F)cc2C1. The number of H-pyrrole nitrogens is 1. The van der Waals surface area contributed by atoms with Gasteiger partial charge in [0, 0.05) is 24.3 Å². The summed E-state index contributed by atoms with van der Waals surface area (Å²) < 4.78 is 47.1. The normalized spacial score (nSPS) is 13.4. The molecule has 0 aliphatic carbocycles. The number of methoxy groups -OCH3 is 1. The molecule has 4 aromatic rings. The van der Waals surface area contributed by atoms with Crippen LogP contribution in [-0.2, 0) is 23.1 Å². The molecule has 0 radical (unpaired) electrons. The highest BCUT2D eigenvalue weighted by molar-refractivity contribution is 7.89. The molecule has 1 amide bonds. The molecule has 1 aromatic heterocycles. The standard InChI is InChI=1S/C25H21FN4O4S/c1-34-22-10-9-20(28-25(31)21-13-27-24(29-21)16-5-3-2-4-6-16)12-23(22)35(32,33)30-14-17-7-8-19(26)11-18(17)15-30/h2-13H,14-15H2,1H3,(H,27,29)(H,28,31). The Morgan fingerprint density at radius 2 is 1.83 bits per heavy atom. The third-order valence-electron chi connectivity index (χ3n) is 5.77. The molecule has 178 valence electrons. The molecule has 0 fully saturated rings. The number of aromatic amines is 1. The van der Waals surface area contributed by atoms with Crippen LogP contribution < -0.4 is 10.1 Å². The molecule has 3 aromatic carbocycles. The predicted octanol–water partition coefficient (Wildman–Crippen LogP) is 4.18. The number of halogens is 1. The van der Waals surface area contributed by atoms with E-state index >= 15 is 0 Å². The van der Waals surface area contributed by atoms with Crippen LogP contribution in [0.4, 0.5) is 10.1 Å². The Balaban J connectivity index is 1.39. The maximum atomic E-state index is 13.6. The molecule has 0 saturated heterocycles. The number of nitrogens with one attached hydrogen (secondary N) is 2. The first-order chi connectivity index (χ1) is 16.8. The average molecular weight is 493 g/mol. The first-order valence-electron chi connectivity index (χ1n) is 10.7. The number of carbonyl (C=O) groups excluding carboxylic acids is 1. The van der Waals surface area contributed by atoms with E-state index in [1.807, 2.05) is 30.3 Å². The molecular formula is C25H21FN4O4S. The summed E-state index contributed by atoms with van der Waals surface area (Å²) in [6, 6.07) is 18.0. The van der Waals surface area contributed by atoms with Crippen molar-refractivity contribution in [3.05, 3.63) is 95.6 Å².